The van der Waals surface area contributed by atoms with Crippen LogP contribution >= 0.6 is 0 Å². The third-order valence-electron chi connectivity index (χ3n) is 2.53. The highest BCUT2D eigenvalue weighted by Gasteiger charge is 2.43. The van der Waals surface area contributed by atoms with Gasteiger partial charge < -0.3 is 20.1 Å². The molecule has 16 heavy (non-hydrogen) atoms. The van der Waals surface area contributed by atoms with Gasteiger partial charge in [-0.1, -0.05) is 0 Å². The predicted molar refractivity (Wildman–Crippen MR) is 51.5 cm³/mol. The second kappa shape index (κ2) is 4.30. The molecule has 2 heterocycles. The zero-order chi connectivity index (χ0) is 11.7. The summed E-state index contributed by atoms with van der Waals surface area (Å²) in [5.74, 6) is 0. The van der Waals surface area contributed by atoms with Crippen molar-refractivity contribution in [3.63, 3.8) is 0 Å². The average molecular weight is 228 g/mol. The number of aromatic nitrogens is 2. The molecule has 0 amide bonds. The highest BCUT2D eigenvalue weighted by atomic mass is 16.6. The third-order valence-corrected chi connectivity index (χ3v) is 2.53. The van der Waals surface area contributed by atoms with Gasteiger partial charge in [-0.05, 0) is 6.07 Å². The largest absolute Gasteiger partial charge is 0.394 e. The van der Waals surface area contributed by atoms with Crippen molar-refractivity contribution < 1.29 is 20.1 Å². The number of aliphatic hydroxyl groups excluding tert-OH is 3. The summed E-state index contributed by atoms with van der Waals surface area (Å²) in [6, 6.07) is 1.51. The molecule has 0 radical (unpaired) electrons. The maximum atomic E-state index is 11.4. The van der Waals surface area contributed by atoms with Gasteiger partial charge in [0, 0.05) is 12.4 Å². The Labute approximate surface area is 90.6 Å². The summed E-state index contributed by atoms with van der Waals surface area (Å²) in [6.07, 6.45) is -1.68. The lowest BCUT2D eigenvalue weighted by Gasteiger charge is -2.16. The van der Waals surface area contributed by atoms with Crippen molar-refractivity contribution in [1.82, 2.24) is 9.55 Å². The molecule has 1 saturated heterocycles. The van der Waals surface area contributed by atoms with Crippen LogP contribution in [0.15, 0.2) is 23.3 Å². The monoisotopic (exact) mass is 228 g/mol. The van der Waals surface area contributed by atoms with Crippen molar-refractivity contribution in [1.29, 1.82) is 0 Å². The van der Waals surface area contributed by atoms with E-state index in [0.29, 0.717) is 0 Å². The first-order chi connectivity index (χ1) is 7.65. The van der Waals surface area contributed by atoms with E-state index in [9.17, 15) is 15.0 Å². The maximum Gasteiger partial charge on any atom is 0.349 e. The normalized spacial score (nSPS) is 34.2. The summed E-state index contributed by atoms with van der Waals surface area (Å²) in [7, 11) is 0. The molecule has 3 N–H and O–H groups in total. The van der Waals surface area contributed by atoms with E-state index < -0.39 is 36.8 Å². The molecule has 7 heteroatoms. The van der Waals surface area contributed by atoms with E-state index in [1.807, 2.05) is 0 Å². The predicted octanol–water partition coefficient (Wildman–Crippen LogP) is -2.15. The van der Waals surface area contributed by atoms with E-state index in [2.05, 4.69) is 4.98 Å². The SMILES string of the molecule is O=c1ncccn1C1OC(CO)C(O)C1O. The Kier molecular flexibility index (Phi) is 3.01. The number of aliphatic hydroxyl groups is 3. The number of rotatable bonds is 2. The molecule has 1 aromatic rings. The highest BCUT2D eigenvalue weighted by Crippen LogP contribution is 2.27. The van der Waals surface area contributed by atoms with E-state index in [-0.39, 0.29) is 0 Å². The second-order valence-corrected chi connectivity index (χ2v) is 3.54. The summed E-state index contributed by atoms with van der Waals surface area (Å²) in [4.78, 5) is 14.9. The Morgan fingerprint density at radius 1 is 1.44 bits per heavy atom. The molecule has 2 rings (SSSR count). The minimum Gasteiger partial charge on any atom is -0.394 e. The molecule has 1 aliphatic heterocycles. The molecule has 7 nitrogen and oxygen atoms in total. The first-order valence-electron chi connectivity index (χ1n) is 4.80. The maximum absolute atomic E-state index is 11.4. The fourth-order valence-electron chi connectivity index (χ4n) is 1.67. The molecular formula is C9H12N2O5. The van der Waals surface area contributed by atoms with E-state index in [4.69, 9.17) is 9.84 Å². The molecule has 1 aliphatic rings. The molecule has 4 atom stereocenters. The Hall–Kier alpha value is -1.28. The fourth-order valence-corrected chi connectivity index (χ4v) is 1.67. The second-order valence-electron chi connectivity index (χ2n) is 3.54. The van der Waals surface area contributed by atoms with Gasteiger partial charge in [0.1, 0.15) is 18.3 Å². The Morgan fingerprint density at radius 3 is 2.75 bits per heavy atom. The summed E-state index contributed by atoms with van der Waals surface area (Å²) in [6.45, 7) is -0.427. The van der Waals surface area contributed by atoms with Crippen LogP contribution in [0.3, 0.4) is 0 Å². The van der Waals surface area contributed by atoms with Gasteiger partial charge in [-0.2, -0.15) is 0 Å². The van der Waals surface area contributed by atoms with Crippen molar-refractivity contribution in [3.8, 4) is 0 Å². The average Bonchev–Trinajstić information content (AvgIpc) is 2.57. The lowest BCUT2D eigenvalue weighted by molar-refractivity contribution is -0.0549. The van der Waals surface area contributed by atoms with Crippen LogP contribution in [0.5, 0.6) is 0 Å². The smallest absolute Gasteiger partial charge is 0.349 e. The number of hydrogen-bond acceptors (Lipinski definition) is 6. The van der Waals surface area contributed by atoms with Gasteiger partial charge in [0.2, 0.25) is 0 Å². The standard InChI is InChI=1S/C9H12N2O5/c12-4-5-6(13)7(14)8(16-5)11-3-1-2-10-9(11)15/h1-3,5-8,12-14H,4H2. The fraction of sp³-hybridized carbons (Fsp3) is 0.556. The van der Waals surface area contributed by atoms with E-state index in [1.165, 1.54) is 18.5 Å². The molecule has 0 spiro atoms. The van der Waals surface area contributed by atoms with Gasteiger partial charge in [0.15, 0.2) is 6.23 Å². The van der Waals surface area contributed by atoms with E-state index >= 15 is 0 Å². The van der Waals surface area contributed by atoms with E-state index in [1.54, 1.807) is 0 Å². The first-order valence-corrected chi connectivity index (χ1v) is 4.80. The number of ether oxygens (including phenoxy) is 1. The van der Waals surface area contributed by atoms with Crippen LogP contribution in [0.1, 0.15) is 6.23 Å². The van der Waals surface area contributed by atoms with Gasteiger partial charge >= 0.3 is 5.69 Å². The van der Waals surface area contributed by atoms with Gasteiger partial charge in [0.25, 0.3) is 0 Å². The Morgan fingerprint density at radius 2 is 2.19 bits per heavy atom. The zero-order valence-corrected chi connectivity index (χ0v) is 8.30. The van der Waals surface area contributed by atoms with Gasteiger partial charge in [-0.15, -0.1) is 0 Å². The van der Waals surface area contributed by atoms with Crippen molar-refractivity contribution in [2.24, 2.45) is 0 Å². The Balaban J connectivity index is 2.30. The molecular weight excluding hydrogens is 216 g/mol. The molecule has 0 aliphatic carbocycles. The quantitative estimate of drug-likeness (QED) is 0.533. The van der Waals surface area contributed by atoms with Crippen LogP contribution in [0, 0.1) is 0 Å². The van der Waals surface area contributed by atoms with Gasteiger partial charge in [0.05, 0.1) is 6.61 Å². The van der Waals surface area contributed by atoms with Crippen molar-refractivity contribution in [3.05, 3.63) is 28.9 Å². The Bertz CT molecular complexity index is 420. The van der Waals surface area contributed by atoms with Crippen molar-refractivity contribution in [2.45, 2.75) is 24.5 Å². The molecule has 1 fully saturated rings. The highest BCUT2D eigenvalue weighted by molar-refractivity contribution is 4.92. The molecule has 1 aromatic heterocycles. The lowest BCUT2D eigenvalue weighted by Crippen LogP contribution is -2.35. The number of nitrogens with zero attached hydrogens (tertiary/aromatic N) is 2. The molecule has 88 valence electrons. The number of hydrogen-bond donors (Lipinski definition) is 3. The summed E-state index contributed by atoms with van der Waals surface area (Å²) in [5.41, 5.74) is -0.586. The van der Waals surface area contributed by atoms with Crippen molar-refractivity contribution >= 4 is 0 Å². The summed E-state index contributed by atoms with van der Waals surface area (Å²) < 4.78 is 6.25. The van der Waals surface area contributed by atoms with Gasteiger partial charge in [-0.3, -0.25) is 4.57 Å². The third kappa shape index (κ3) is 1.74. The van der Waals surface area contributed by atoms with Crippen LogP contribution in [-0.2, 0) is 4.74 Å². The van der Waals surface area contributed by atoms with Crippen LogP contribution < -0.4 is 5.69 Å². The topological polar surface area (TPSA) is 105 Å². The summed E-state index contributed by atoms with van der Waals surface area (Å²) in [5, 5.41) is 28.1. The van der Waals surface area contributed by atoms with Crippen molar-refractivity contribution in [2.75, 3.05) is 6.61 Å². The summed E-state index contributed by atoms with van der Waals surface area (Å²) >= 11 is 0. The van der Waals surface area contributed by atoms with Crippen LogP contribution in [0.2, 0.25) is 0 Å². The van der Waals surface area contributed by atoms with Gasteiger partial charge in [-0.25, -0.2) is 9.78 Å². The minimum atomic E-state index is -1.26. The molecule has 0 aromatic carbocycles. The zero-order valence-electron chi connectivity index (χ0n) is 8.30. The van der Waals surface area contributed by atoms with Crippen LogP contribution in [0.4, 0.5) is 0 Å². The molecule has 0 saturated carbocycles. The molecule has 4 unspecified atom stereocenters. The van der Waals surface area contributed by atoms with Crippen LogP contribution in [0.25, 0.3) is 0 Å². The first kappa shape index (κ1) is 11.2. The molecule has 0 bridgehead atoms. The van der Waals surface area contributed by atoms with E-state index in [0.717, 1.165) is 4.57 Å². The lowest BCUT2D eigenvalue weighted by atomic mass is 10.1. The minimum absolute atomic E-state index is 0.427. The van der Waals surface area contributed by atoms with Crippen LogP contribution in [-0.4, -0.2) is 49.8 Å².